The molecular formula is C16H20ClNS. The van der Waals surface area contributed by atoms with Gasteiger partial charge in [-0.2, -0.15) is 0 Å². The summed E-state index contributed by atoms with van der Waals surface area (Å²) < 4.78 is 0.807. The van der Waals surface area contributed by atoms with E-state index in [1.165, 1.54) is 10.4 Å². The SMILES string of the molecule is CCC(C)C(c1ccccc1)C(N)c1ccc(Cl)s1. The van der Waals surface area contributed by atoms with E-state index < -0.39 is 0 Å². The summed E-state index contributed by atoms with van der Waals surface area (Å²) in [5, 5.41) is 0. The van der Waals surface area contributed by atoms with Gasteiger partial charge in [-0.15, -0.1) is 11.3 Å². The van der Waals surface area contributed by atoms with Gasteiger partial charge < -0.3 is 5.73 Å². The van der Waals surface area contributed by atoms with Crippen molar-refractivity contribution >= 4 is 22.9 Å². The molecule has 1 nitrogen and oxygen atoms in total. The summed E-state index contributed by atoms with van der Waals surface area (Å²) in [6.07, 6.45) is 1.12. The molecule has 2 N–H and O–H groups in total. The zero-order valence-corrected chi connectivity index (χ0v) is 12.9. The lowest BCUT2D eigenvalue weighted by atomic mass is 9.80. The monoisotopic (exact) mass is 293 g/mol. The first-order valence-electron chi connectivity index (χ1n) is 6.69. The van der Waals surface area contributed by atoms with E-state index in [1.807, 2.05) is 12.1 Å². The van der Waals surface area contributed by atoms with Gasteiger partial charge in [0.25, 0.3) is 0 Å². The lowest BCUT2D eigenvalue weighted by Crippen LogP contribution is -2.24. The quantitative estimate of drug-likeness (QED) is 0.802. The first kappa shape index (κ1) is 14.6. The van der Waals surface area contributed by atoms with Gasteiger partial charge in [-0.3, -0.25) is 0 Å². The number of hydrogen-bond acceptors (Lipinski definition) is 2. The molecule has 3 unspecified atom stereocenters. The van der Waals surface area contributed by atoms with Gasteiger partial charge in [0.1, 0.15) is 0 Å². The number of thiophene rings is 1. The molecule has 1 heterocycles. The summed E-state index contributed by atoms with van der Waals surface area (Å²) in [5.41, 5.74) is 7.83. The highest BCUT2D eigenvalue weighted by molar-refractivity contribution is 7.16. The average molecular weight is 294 g/mol. The standard InChI is InChI=1S/C16H20ClNS/c1-3-11(2)15(12-7-5-4-6-8-12)16(18)13-9-10-14(17)19-13/h4-11,15-16H,3,18H2,1-2H3. The van der Waals surface area contributed by atoms with Crippen LogP contribution < -0.4 is 5.73 Å². The second kappa shape index (κ2) is 6.56. The van der Waals surface area contributed by atoms with Gasteiger partial charge in [-0.1, -0.05) is 62.2 Å². The maximum Gasteiger partial charge on any atom is 0.0931 e. The molecule has 2 rings (SSSR count). The van der Waals surface area contributed by atoms with Crippen molar-refractivity contribution in [1.82, 2.24) is 0 Å². The van der Waals surface area contributed by atoms with Gasteiger partial charge in [0.05, 0.1) is 4.34 Å². The first-order chi connectivity index (χ1) is 9.13. The summed E-state index contributed by atoms with van der Waals surface area (Å²) in [6.45, 7) is 4.49. The van der Waals surface area contributed by atoms with Crippen molar-refractivity contribution < 1.29 is 0 Å². The molecule has 3 atom stereocenters. The van der Waals surface area contributed by atoms with Crippen LogP contribution in [0.3, 0.4) is 0 Å². The Bertz CT molecular complexity index is 508. The highest BCUT2D eigenvalue weighted by atomic mass is 35.5. The van der Waals surface area contributed by atoms with Crippen LogP contribution in [0, 0.1) is 5.92 Å². The van der Waals surface area contributed by atoms with Crippen LogP contribution >= 0.6 is 22.9 Å². The molecular weight excluding hydrogens is 274 g/mol. The third-order valence-corrected chi connectivity index (χ3v) is 5.08. The summed E-state index contributed by atoms with van der Waals surface area (Å²) in [6, 6.07) is 14.5. The first-order valence-corrected chi connectivity index (χ1v) is 7.88. The van der Waals surface area contributed by atoms with Crippen molar-refractivity contribution in [3.05, 3.63) is 57.2 Å². The van der Waals surface area contributed by atoms with Gasteiger partial charge in [-0.25, -0.2) is 0 Å². The van der Waals surface area contributed by atoms with Gasteiger partial charge in [0.15, 0.2) is 0 Å². The second-order valence-corrected chi connectivity index (χ2v) is 6.74. The Balaban J connectivity index is 2.33. The number of rotatable bonds is 5. The van der Waals surface area contributed by atoms with Crippen LogP contribution in [0.15, 0.2) is 42.5 Å². The highest BCUT2D eigenvalue weighted by Crippen LogP contribution is 2.39. The fraction of sp³-hybridized carbons (Fsp3) is 0.375. The van der Waals surface area contributed by atoms with Crippen molar-refractivity contribution in [1.29, 1.82) is 0 Å². The Labute approximate surface area is 124 Å². The zero-order chi connectivity index (χ0) is 13.8. The van der Waals surface area contributed by atoms with Gasteiger partial charge >= 0.3 is 0 Å². The Morgan fingerprint density at radius 2 is 1.84 bits per heavy atom. The molecule has 2 aromatic rings. The number of nitrogens with two attached hydrogens (primary N) is 1. The van der Waals surface area contributed by atoms with Gasteiger partial charge in [-0.05, 0) is 23.6 Å². The third-order valence-electron chi connectivity index (χ3n) is 3.75. The van der Waals surface area contributed by atoms with Crippen LogP contribution in [-0.2, 0) is 0 Å². The molecule has 0 saturated heterocycles. The maximum absolute atomic E-state index is 6.51. The van der Waals surface area contributed by atoms with E-state index in [2.05, 4.69) is 44.2 Å². The Morgan fingerprint density at radius 1 is 1.16 bits per heavy atom. The molecule has 0 bridgehead atoms. The van der Waals surface area contributed by atoms with Gasteiger partial charge in [0, 0.05) is 16.8 Å². The fourth-order valence-corrected chi connectivity index (χ4v) is 3.61. The molecule has 0 radical (unpaired) electrons. The van der Waals surface area contributed by atoms with Crippen LogP contribution in [0.4, 0.5) is 0 Å². The van der Waals surface area contributed by atoms with Crippen LogP contribution in [0.5, 0.6) is 0 Å². The maximum atomic E-state index is 6.51. The predicted molar refractivity (Wildman–Crippen MR) is 84.9 cm³/mol. The summed E-state index contributed by atoms with van der Waals surface area (Å²) in [5.74, 6) is 0.874. The number of halogens is 1. The Kier molecular flexibility index (Phi) is 5.03. The summed E-state index contributed by atoms with van der Waals surface area (Å²) in [7, 11) is 0. The molecule has 19 heavy (non-hydrogen) atoms. The molecule has 0 saturated carbocycles. The van der Waals surface area contributed by atoms with E-state index in [-0.39, 0.29) is 6.04 Å². The van der Waals surface area contributed by atoms with E-state index in [0.717, 1.165) is 10.8 Å². The normalized spacial score (nSPS) is 16.0. The molecule has 0 fully saturated rings. The predicted octanol–water partition coefficient (Wildman–Crippen LogP) is 5.23. The smallest absolute Gasteiger partial charge is 0.0931 e. The Morgan fingerprint density at radius 3 is 2.37 bits per heavy atom. The van der Waals surface area contributed by atoms with Crippen molar-refractivity contribution in [3.8, 4) is 0 Å². The summed E-state index contributed by atoms with van der Waals surface area (Å²) in [4.78, 5) is 1.17. The molecule has 102 valence electrons. The van der Waals surface area contributed by atoms with Crippen LogP contribution in [-0.4, -0.2) is 0 Å². The minimum atomic E-state index is 0.00912. The second-order valence-electron chi connectivity index (χ2n) is 4.99. The van der Waals surface area contributed by atoms with Crippen LogP contribution in [0.2, 0.25) is 4.34 Å². The molecule has 0 aliphatic carbocycles. The highest BCUT2D eigenvalue weighted by Gasteiger charge is 2.26. The van der Waals surface area contributed by atoms with Crippen LogP contribution in [0.25, 0.3) is 0 Å². The van der Waals surface area contributed by atoms with Crippen molar-refractivity contribution in [2.24, 2.45) is 11.7 Å². The largest absolute Gasteiger partial charge is 0.323 e. The van der Waals surface area contributed by atoms with E-state index in [9.17, 15) is 0 Å². The van der Waals surface area contributed by atoms with E-state index >= 15 is 0 Å². The number of hydrogen-bond donors (Lipinski definition) is 1. The topological polar surface area (TPSA) is 26.0 Å². The molecule has 0 spiro atoms. The van der Waals surface area contributed by atoms with Crippen molar-refractivity contribution in [2.75, 3.05) is 0 Å². The zero-order valence-electron chi connectivity index (χ0n) is 11.3. The van der Waals surface area contributed by atoms with Crippen molar-refractivity contribution in [3.63, 3.8) is 0 Å². The minimum absolute atomic E-state index is 0.00912. The number of benzene rings is 1. The molecule has 0 amide bonds. The fourth-order valence-electron chi connectivity index (χ4n) is 2.50. The Hall–Kier alpha value is -0.830. The third kappa shape index (κ3) is 3.38. The molecule has 0 aliphatic rings. The molecule has 3 heteroatoms. The summed E-state index contributed by atoms with van der Waals surface area (Å²) >= 11 is 7.62. The molecule has 1 aromatic carbocycles. The van der Waals surface area contributed by atoms with E-state index in [1.54, 1.807) is 11.3 Å². The molecule has 0 aliphatic heterocycles. The van der Waals surface area contributed by atoms with E-state index in [4.69, 9.17) is 17.3 Å². The molecule has 1 aromatic heterocycles. The van der Waals surface area contributed by atoms with Crippen LogP contribution in [0.1, 0.15) is 42.7 Å². The lowest BCUT2D eigenvalue weighted by molar-refractivity contribution is 0.391. The minimum Gasteiger partial charge on any atom is -0.323 e. The van der Waals surface area contributed by atoms with E-state index in [0.29, 0.717) is 11.8 Å². The lowest BCUT2D eigenvalue weighted by Gasteiger charge is -2.29. The average Bonchev–Trinajstić information content (AvgIpc) is 2.86. The van der Waals surface area contributed by atoms with Crippen molar-refractivity contribution in [2.45, 2.75) is 32.2 Å². The van der Waals surface area contributed by atoms with Gasteiger partial charge in [0.2, 0.25) is 0 Å².